The molecule has 2 N–H and O–H groups in total. The van der Waals surface area contributed by atoms with Gasteiger partial charge in [-0.2, -0.15) is 0 Å². The summed E-state index contributed by atoms with van der Waals surface area (Å²) in [5.74, 6) is 0.504. The number of rotatable bonds is 3. The Bertz CT molecular complexity index is 687. The van der Waals surface area contributed by atoms with Gasteiger partial charge in [-0.25, -0.2) is 4.79 Å². The molecule has 1 atom stereocenters. The van der Waals surface area contributed by atoms with Crippen LogP contribution in [0.15, 0.2) is 42.5 Å². The molecule has 0 aromatic heterocycles. The van der Waals surface area contributed by atoms with Gasteiger partial charge in [-0.05, 0) is 24.3 Å². The zero-order chi connectivity index (χ0) is 14.8. The molecule has 0 amide bonds. The number of hydrogen-bond acceptors (Lipinski definition) is 4. The van der Waals surface area contributed by atoms with Crippen LogP contribution in [0.5, 0.6) is 5.75 Å². The first kappa shape index (κ1) is 13.8. The molecule has 1 unspecified atom stereocenters. The summed E-state index contributed by atoms with van der Waals surface area (Å²) in [6.45, 7) is 0.799. The highest BCUT2D eigenvalue weighted by Gasteiger charge is 2.25. The number of nitrogens with two attached hydrogens (primary N) is 1. The minimum absolute atomic E-state index is 0.0643. The predicted octanol–water partition coefficient (Wildman–Crippen LogP) is 3.26. The third kappa shape index (κ3) is 2.81. The van der Waals surface area contributed by atoms with E-state index in [1.165, 1.54) is 6.07 Å². The van der Waals surface area contributed by atoms with Gasteiger partial charge in [-0.3, -0.25) is 0 Å². The molecule has 2 aromatic carbocycles. The van der Waals surface area contributed by atoms with Gasteiger partial charge in [0.15, 0.2) is 0 Å². The number of para-hydroxylation sites is 1. The number of esters is 1. The van der Waals surface area contributed by atoms with Crippen LogP contribution in [0.4, 0.5) is 5.69 Å². The first-order valence-electron chi connectivity index (χ1n) is 6.59. The van der Waals surface area contributed by atoms with Crippen LogP contribution in [-0.4, -0.2) is 19.2 Å². The van der Waals surface area contributed by atoms with E-state index in [2.05, 4.69) is 0 Å². The smallest absolute Gasteiger partial charge is 0.338 e. The van der Waals surface area contributed by atoms with Gasteiger partial charge >= 0.3 is 5.97 Å². The second-order valence-electron chi connectivity index (χ2n) is 4.88. The first-order valence-corrected chi connectivity index (χ1v) is 6.97. The highest BCUT2D eigenvalue weighted by molar-refractivity contribution is 6.33. The Morgan fingerprint density at radius 1 is 1.33 bits per heavy atom. The van der Waals surface area contributed by atoms with Gasteiger partial charge in [-0.15, -0.1) is 0 Å². The van der Waals surface area contributed by atoms with Crippen molar-refractivity contribution in [2.24, 2.45) is 0 Å². The molecule has 1 aliphatic rings. The molecule has 1 aliphatic heterocycles. The van der Waals surface area contributed by atoms with Crippen molar-refractivity contribution in [3.05, 3.63) is 58.6 Å². The summed E-state index contributed by atoms with van der Waals surface area (Å²) in [4.78, 5) is 12.0. The number of nitrogen functional groups attached to an aromatic ring is 1. The van der Waals surface area contributed by atoms with Crippen LogP contribution >= 0.6 is 11.6 Å². The number of benzene rings is 2. The van der Waals surface area contributed by atoms with E-state index in [1.807, 2.05) is 24.3 Å². The normalized spacial score (nSPS) is 16.1. The van der Waals surface area contributed by atoms with E-state index < -0.39 is 5.97 Å². The summed E-state index contributed by atoms with van der Waals surface area (Å²) in [6, 6.07) is 12.5. The lowest BCUT2D eigenvalue weighted by Crippen LogP contribution is -2.14. The van der Waals surface area contributed by atoms with Crippen molar-refractivity contribution in [3.63, 3.8) is 0 Å². The molecule has 21 heavy (non-hydrogen) atoms. The molecule has 1 heterocycles. The maximum Gasteiger partial charge on any atom is 0.338 e. The van der Waals surface area contributed by atoms with Crippen LogP contribution in [0.1, 0.15) is 21.8 Å². The Morgan fingerprint density at radius 2 is 2.14 bits per heavy atom. The molecule has 108 valence electrons. The van der Waals surface area contributed by atoms with Gasteiger partial charge in [0.1, 0.15) is 12.4 Å². The maximum atomic E-state index is 12.0. The van der Waals surface area contributed by atoms with E-state index in [4.69, 9.17) is 26.8 Å². The average molecular weight is 304 g/mol. The topological polar surface area (TPSA) is 61.6 Å². The molecule has 0 aliphatic carbocycles. The van der Waals surface area contributed by atoms with Gasteiger partial charge < -0.3 is 15.2 Å². The quantitative estimate of drug-likeness (QED) is 0.698. The summed E-state index contributed by atoms with van der Waals surface area (Å²) >= 11 is 5.90. The molecule has 3 rings (SSSR count). The lowest BCUT2D eigenvalue weighted by Gasteiger charge is -2.10. The third-order valence-electron chi connectivity index (χ3n) is 3.45. The highest BCUT2D eigenvalue weighted by atomic mass is 35.5. The van der Waals surface area contributed by atoms with E-state index in [-0.39, 0.29) is 12.5 Å². The summed E-state index contributed by atoms with van der Waals surface area (Å²) in [6.07, 6.45) is 0. The molecule has 0 fully saturated rings. The molecular formula is C16H14ClNO3. The van der Waals surface area contributed by atoms with E-state index in [1.54, 1.807) is 12.1 Å². The monoisotopic (exact) mass is 303 g/mol. The fourth-order valence-electron chi connectivity index (χ4n) is 2.28. The lowest BCUT2D eigenvalue weighted by molar-refractivity contribution is 0.0470. The van der Waals surface area contributed by atoms with E-state index >= 15 is 0 Å². The summed E-state index contributed by atoms with van der Waals surface area (Å²) in [5.41, 5.74) is 7.51. The molecular weight excluding hydrogens is 290 g/mol. The van der Waals surface area contributed by atoms with Crippen molar-refractivity contribution in [3.8, 4) is 5.75 Å². The van der Waals surface area contributed by atoms with Gasteiger partial charge in [0.05, 0.1) is 28.8 Å². The largest absolute Gasteiger partial charge is 0.493 e. The number of carbonyl (C=O) groups is 1. The molecule has 0 bridgehead atoms. The molecule has 0 radical (unpaired) electrons. The number of anilines is 1. The number of fused-ring (bicyclic) bond motifs is 1. The standard InChI is InChI=1S/C16H14ClNO3/c17-13-7-10(5-6-14(13)18)16(19)21-9-11-8-20-15-4-2-1-3-12(11)15/h1-7,11H,8-9,18H2. The number of ether oxygens (including phenoxy) is 2. The fourth-order valence-corrected chi connectivity index (χ4v) is 2.46. The highest BCUT2D eigenvalue weighted by Crippen LogP contribution is 2.33. The summed E-state index contributed by atoms with van der Waals surface area (Å²) in [7, 11) is 0. The van der Waals surface area contributed by atoms with Crippen LogP contribution in [-0.2, 0) is 4.74 Å². The van der Waals surface area contributed by atoms with Gasteiger partial charge in [0.25, 0.3) is 0 Å². The Morgan fingerprint density at radius 3 is 2.95 bits per heavy atom. The van der Waals surface area contributed by atoms with Crippen LogP contribution in [0.25, 0.3) is 0 Å². The van der Waals surface area contributed by atoms with Crippen molar-refractivity contribution in [2.45, 2.75) is 5.92 Å². The van der Waals surface area contributed by atoms with Gasteiger partial charge in [-0.1, -0.05) is 29.8 Å². The average Bonchev–Trinajstić information content (AvgIpc) is 2.91. The molecule has 4 nitrogen and oxygen atoms in total. The minimum Gasteiger partial charge on any atom is -0.493 e. The van der Waals surface area contributed by atoms with Crippen LogP contribution in [0.3, 0.4) is 0 Å². The van der Waals surface area contributed by atoms with Crippen LogP contribution in [0.2, 0.25) is 5.02 Å². The SMILES string of the molecule is Nc1ccc(C(=O)OCC2COc3ccccc32)cc1Cl. The lowest BCUT2D eigenvalue weighted by atomic mass is 10.0. The fraction of sp³-hybridized carbons (Fsp3) is 0.188. The Balaban J connectivity index is 1.66. The number of halogens is 1. The van der Waals surface area contributed by atoms with E-state index in [0.29, 0.717) is 22.9 Å². The summed E-state index contributed by atoms with van der Waals surface area (Å²) in [5, 5.41) is 0.346. The minimum atomic E-state index is -0.415. The second kappa shape index (κ2) is 5.66. The van der Waals surface area contributed by atoms with E-state index in [9.17, 15) is 4.79 Å². The molecule has 0 saturated carbocycles. The van der Waals surface area contributed by atoms with Crippen molar-refractivity contribution >= 4 is 23.3 Å². The van der Waals surface area contributed by atoms with Gasteiger partial charge in [0, 0.05) is 5.56 Å². The number of hydrogen-bond donors (Lipinski definition) is 1. The third-order valence-corrected chi connectivity index (χ3v) is 3.78. The second-order valence-corrected chi connectivity index (χ2v) is 5.29. The van der Waals surface area contributed by atoms with Crippen molar-refractivity contribution in [2.75, 3.05) is 18.9 Å². The van der Waals surface area contributed by atoms with Crippen molar-refractivity contribution in [1.82, 2.24) is 0 Å². The first-order chi connectivity index (χ1) is 10.1. The zero-order valence-corrected chi connectivity index (χ0v) is 12.0. The molecule has 5 heteroatoms. The molecule has 0 spiro atoms. The van der Waals surface area contributed by atoms with Gasteiger partial charge in [0.2, 0.25) is 0 Å². The molecule has 0 saturated heterocycles. The molecule has 2 aromatic rings. The maximum absolute atomic E-state index is 12.0. The van der Waals surface area contributed by atoms with Crippen molar-refractivity contribution in [1.29, 1.82) is 0 Å². The zero-order valence-electron chi connectivity index (χ0n) is 11.2. The Hall–Kier alpha value is -2.20. The number of carbonyl (C=O) groups excluding carboxylic acids is 1. The van der Waals surface area contributed by atoms with Crippen LogP contribution in [0, 0.1) is 0 Å². The Labute approximate surface area is 127 Å². The van der Waals surface area contributed by atoms with E-state index in [0.717, 1.165) is 11.3 Å². The predicted molar refractivity (Wildman–Crippen MR) is 80.8 cm³/mol. The summed E-state index contributed by atoms with van der Waals surface area (Å²) < 4.78 is 10.9. The Kier molecular flexibility index (Phi) is 3.71. The van der Waals surface area contributed by atoms with Crippen LogP contribution < -0.4 is 10.5 Å². The van der Waals surface area contributed by atoms with Crippen molar-refractivity contribution < 1.29 is 14.3 Å².